The van der Waals surface area contributed by atoms with E-state index in [2.05, 4.69) is 5.32 Å². The Balaban J connectivity index is 1.79. The molecule has 1 amide bonds. The topological polar surface area (TPSA) is 147 Å². The fourth-order valence-corrected chi connectivity index (χ4v) is 2.84. The number of methoxy groups -OCH3 is 2. The van der Waals surface area contributed by atoms with E-state index in [1.807, 2.05) is 0 Å². The van der Waals surface area contributed by atoms with Gasteiger partial charge < -0.3 is 23.9 Å². The highest BCUT2D eigenvalue weighted by molar-refractivity contribution is 5.99. The number of benzene rings is 2. The van der Waals surface area contributed by atoms with Crippen LogP contribution in [-0.4, -0.2) is 37.1 Å². The van der Waals surface area contributed by atoms with Crippen LogP contribution in [0.3, 0.4) is 0 Å². The summed E-state index contributed by atoms with van der Waals surface area (Å²) in [6.07, 6.45) is -1.34. The van der Waals surface area contributed by atoms with Crippen LogP contribution in [0.4, 0.5) is 11.4 Å². The molecule has 0 aliphatic carbocycles. The number of esters is 1. The van der Waals surface area contributed by atoms with Crippen LogP contribution in [0.1, 0.15) is 17.3 Å². The molecule has 32 heavy (non-hydrogen) atoms. The maximum Gasteiger partial charge on any atom is 0.351 e. The van der Waals surface area contributed by atoms with E-state index in [-0.39, 0.29) is 22.7 Å². The second-order valence-corrected chi connectivity index (χ2v) is 6.50. The van der Waals surface area contributed by atoms with Gasteiger partial charge in [-0.05, 0) is 25.1 Å². The summed E-state index contributed by atoms with van der Waals surface area (Å²) in [6.45, 7) is 1.28. The highest BCUT2D eigenvalue weighted by Crippen LogP contribution is 2.29. The third-order valence-corrected chi connectivity index (χ3v) is 4.47. The number of hydrogen-bond acceptors (Lipinski definition) is 9. The summed E-state index contributed by atoms with van der Waals surface area (Å²) in [5, 5.41) is 13.8. The maximum absolute atomic E-state index is 12.5. The molecule has 0 aliphatic rings. The first kappa shape index (κ1) is 22.3. The normalized spacial score (nSPS) is 11.5. The number of nitrogens with one attached hydrogen (secondary N) is 1. The van der Waals surface area contributed by atoms with Gasteiger partial charge in [-0.2, -0.15) is 0 Å². The quantitative estimate of drug-likeness (QED) is 0.252. The number of carbonyl (C=O) groups excluding carboxylic acids is 2. The Morgan fingerprint density at radius 2 is 1.81 bits per heavy atom. The van der Waals surface area contributed by atoms with Gasteiger partial charge in [-0.15, -0.1) is 0 Å². The smallest absolute Gasteiger partial charge is 0.351 e. The molecule has 11 nitrogen and oxygen atoms in total. The number of ether oxygens (including phenoxy) is 3. The fourth-order valence-electron chi connectivity index (χ4n) is 2.84. The molecule has 0 saturated heterocycles. The second kappa shape index (κ2) is 9.16. The van der Waals surface area contributed by atoms with Crippen molar-refractivity contribution in [1.29, 1.82) is 0 Å². The number of para-hydroxylation sites is 1. The van der Waals surface area contributed by atoms with Gasteiger partial charge in [-0.25, -0.2) is 9.59 Å². The minimum atomic E-state index is -1.34. The molecule has 1 unspecified atom stereocenters. The summed E-state index contributed by atoms with van der Waals surface area (Å²) in [6, 6.07) is 9.78. The highest BCUT2D eigenvalue weighted by atomic mass is 16.6. The molecular formula is C21H18N2O9. The van der Waals surface area contributed by atoms with Crippen molar-refractivity contribution < 1.29 is 33.1 Å². The minimum absolute atomic E-state index is 0.0203. The van der Waals surface area contributed by atoms with E-state index in [1.165, 1.54) is 39.3 Å². The number of anilines is 1. The van der Waals surface area contributed by atoms with Crippen LogP contribution in [0.2, 0.25) is 0 Å². The summed E-state index contributed by atoms with van der Waals surface area (Å²) in [5.41, 5.74) is -1.44. The van der Waals surface area contributed by atoms with Crippen molar-refractivity contribution in [2.45, 2.75) is 13.0 Å². The molecule has 3 aromatic rings. The van der Waals surface area contributed by atoms with Gasteiger partial charge >= 0.3 is 11.6 Å². The van der Waals surface area contributed by atoms with Crippen LogP contribution in [0, 0.1) is 10.1 Å². The molecule has 1 aromatic heterocycles. The van der Waals surface area contributed by atoms with E-state index in [0.717, 1.165) is 6.07 Å². The largest absolute Gasteiger partial charge is 0.495 e. The van der Waals surface area contributed by atoms with E-state index in [0.29, 0.717) is 11.1 Å². The third-order valence-electron chi connectivity index (χ3n) is 4.47. The summed E-state index contributed by atoms with van der Waals surface area (Å²) >= 11 is 0. The van der Waals surface area contributed by atoms with Crippen molar-refractivity contribution in [2.24, 2.45) is 0 Å². The lowest BCUT2D eigenvalue weighted by Crippen LogP contribution is -2.31. The van der Waals surface area contributed by atoms with E-state index >= 15 is 0 Å². The SMILES string of the molecule is COc1ccc([N+](=O)[O-])cc1NC(=O)C(C)OC(=O)c1cc2cccc(OC)c2oc1=O. The van der Waals surface area contributed by atoms with Gasteiger partial charge in [0.2, 0.25) is 0 Å². The van der Waals surface area contributed by atoms with Crippen LogP contribution in [0.5, 0.6) is 11.5 Å². The van der Waals surface area contributed by atoms with Crippen molar-refractivity contribution >= 4 is 34.2 Å². The van der Waals surface area contributed by atoms with E-state index in [1.54, 1.807) is 18.2 Å². The van der Waals surface area contributed by atoms with Gasteiger partial charge in [0.1, 0.15) is 11.3 Å². The molecule has 0 fully saturated rings. The van der Waals surface area contributed by atoms with Crippen molar-refractivity contribution in [1.82, 2.24) is 0 Å². The number of nitro groups is 1. The Morgan fingerprint density at radius 1 is 1.09 bits per heavy atom. The predicted molar refractivity (Wildman–Crippen MR) is 112 cm³/mol. The Labute approximate surface area is 180 Å². The van der Waals surface area contributed by atoms with Crippen molar-refractivity contribution in [3.05, 3.63) is 68.6 Å². The molecule has 0 bridgehead atoms. The van der Waals surface area contributed by atoms with Gasteiger partial charge in [-0.1, -0.05) is 12.1 Å². The number of carbonyl (C=O) groups is 2. The molecule has 1 heterocycles. The van der Waals surface area contributed by atoms with E-state index in [9.17, 15) is 24.5 Å². The molecule has 0 spiro atoms. The van der Waals surface area contributed by atoms with E-state index < -0.39 is 34.1 Å². The van der Waals surface area contributed by atoms with Gasteiger partial charge in [0.05, 0.1) is 24.8 Å². The molecule has 0 saturated carbocycles. The summed E-state index contributed by atoms with van der Waals surface area (Å²) in [7, 11) is 2.74. The lowest BCUT2D eigenvalue weighted by atomic mass is 10.1. The van der Waals surface area contributed by atoms with Gasteiger partial charge in [-0.3, -0.25) is 14.9 Å². The lowest BCUT2D eigenvalue weighted by molar-refractivity contribution is -0.384. The Kier molecular flexibility index (Phi) is 6.38. The molecule has 0 aliphatic heterocycles. The van der Waals surface area contributed by atoms with Crippen LogP contribution in [-0.2, 0) is 9.53 Å². The number of hydrogen-bond donors (Lipinski definition) is 1. The maximum atomic E-state index is 12.5. The first-order chi connectivity index (χ1) is 15.2. The first-order valence-corrected chi connectivity index (χ1v) is 9.20. The standard InChI is InChI=1S/C21H18N2O9/c1-11(19(24)22-15-10-13(23(27)28)7-8-16(15)29-2)31-20(25)14-9-12-5-4-6-17(30-3)18(12)32-21(14)26/h4-11H,1-3H3,(H,22,24). The number of amides is 1. The average Bonchev–Trinajstić information content (AvgIpc) is 2.77. The van der Waals surface area contributed by atoms with Crippen LogP contribution in [0.15, 0.2) is 51.7 Å². The molecule has 166 valence electrons. The van der Waals surface area contributed by atoms with Crippen LogP contribution in [0.25, 0.3) is 11.0 Å². The monoisotopic (exact) mass is 442 g/mol. The molecule has 3 rings (SSSR count). The van der Waals surface area contributed by atoms with Gasteiger partial charge in [0, 0.05) is 17.5 Å². The summed E-state index contributed by atoms with van der Waals surface area (Å²) in [4.78, 5) is 47.6. The number of nitrogens with zero attached hydrogens (tertiary/aromatic N) is 1. The minimum Gasteiger partial charge on any atom is -0.495 e. The first-order valence-electron chi connectivity index (χ1n) is 9.20. The zero-order valence-electron chi connectivity index (χ0n) is 17.2. The van der Waals surface area contributed by atoms with Crippen molar-refractivity contribution in [3.63, 3.8) is 0 Å². The fraction of sp³-hybridized carbons (Fsp3) is 0.190. The zero-order chi connectivity index (χ0) is 23.4. The average molecular weight is 442 g/mol. The predicted octanol–water partition coefficient (Wildman–Crippen LogP) is 2.90. The van der Waals surface area contributed by atoms with Gasteiger partial charge in [0.25, 0.3) is 11.6 Å². The summed E-state index contributed by atoms with van der Waals surface area (Å²) in [5.74, 6) is -1.37. The molecular weight excluding hydrogens is 424 g/mol. The van der Waals surface area contributed by atoms with Crippen LogP contribution >= 0.6 is 0 Å². The van der Waals surface area contributed by atoms with E-state index in [4.69, 9.17) is 18.6 Å². The molecule has 11 heteroatoms. The molecule has 1 atom stereocenters. The Morgan fingerprint density at radius 3 is 2.47 bits per heavy atom. The third kappa shape index (κ3) is 4.51. The zero-order valence-corrected chi connectivity index (χ0v) is 17.2. The van der Waals surface area contributed by atoms with Crippen LogP contribution < -0.4 is 20.4 Å². The Bertz CT molecular complexity index is 1270. The molecule has 1 N–H and O–H groups in total. The Hall–Kier alpha value is -4.41. The lowest BCUT2D eigenvalue weighted by Gasteiger charge is -2.15. The van der Waals surface area contributed by atoms with Gasteiger partial charge in [0.15, 0.2) is 17.4 Å². The second-order valence-electron chi connectivity index (χ2n) is 6.50. The molecule has 2 aromatic carbocycles. The number of rotatable bonds is 7. The number of non-ortho nitro benzene ring substituents is 1. The van der Waals surface area contributed by atoms with Crippen molar-refractivity contribution in [2.75, 3.05) is 19.5 Å². The highest BCUT2D eigenvalue weighted by Gasteiger charge is 2.24. The summed E-state index contributed by atoms with van der Waals surface area (Å²) < 4.78 is 20.5. The number of fused-ring (bicyclic) bond motifs is 1. The number of nitro benzene ring substituents is 1. The molecule has 0 radical (unpaired) electrons. The van der Waals surface area contributed by atoms with Crippen molar-refractivity contribution in [3.8, 4) is 11.5 Å².